The van der Waals surface area contributed by atoms with Gasteiger partial charge in [0.05, 0.1) is 28.8 Å². The minimum absolute atomic E-state index is 0.610. The number of hydrogen-bond donors (Lipinski definition) is 0. The van der Waals surface area contributed by atoms with Crippen molar-refractivity contribution in [1.82, 2.24) is 30.0 Å². The van der Waals surface area contributed by atoms with Crippen LogP contribution in [-0.2, 0) is 13.0 Å². The fourth-order valence-electron chi connectivity index (χ4n) is 3.63. The Balaban J connectivity index is 1.36. The Morgan fingerprint density at radius 3 is 2.65 bits per heavy atom. The van der Waals surface area contributed by atoms with E-state index in [0.29, 0.717) is 5.92 Å². The quantitative estimate of drug-likeness (QED) is 0.699. The van der Waals surface area contributed by atoms with E-state index >= 15 is 0 Å². The minimum atomic E-state index is 0.610. The minimum Gasteiger partial charge on any atom is -0.361 e. The first-order valence-corrected chi connectivity index (χ1v) is 8.89. The Labute approximate surface area is 152 Å². The van der Waals surface area contributed by atoms with Gasteiger partial charge in [-0.05, 0) is 39.2 Å². The Kier molecular flexibility index (Phi) is 4.71. The van der Waals surface area contributed by atoms with Crippen molar-refractivity contribution in [2.45, 2.75) is 33.2 Å². The molecule has 4 heterocycles. The maximum absolute atomic E-state index is 5.22. The number of aryl methyl sites for hydroxylation is 2. The number of rotatable bonds is 5. The fourth-order valence-corrected chi connectivity index (χ4v) is 3.63. The predicted molar refractivity (Wildman–Crippen MR) is 96.1 cm³/mol. The summed E-state index contributed by atoms with van der Waals surface area (Å²) in [6.07, 6.45) is 11.2. The predicted octanol–water partition coefficient (Wildman–Crippen LogP) is 2.60. The van der Waals surface area contributed by atoms with Gasteiger partial charge < -0.3 is 4.52 Å². The molecule has 7 nitrogen and oxygen atoms in total. The average molecular weight is 350 g/mol. The maximum Gasteiger partial charge on any atom is 0.143 e. The highest BCUT2D eigenvalue weighted by Gasteiger charge is 2.23. The molecule has 1 aliphatic heterocycles. The maximum atomic E-state index is 5.22. The van der Waals surface area contributed by atoms with Crippen molar-refractivity contribution < 1.29 is 4.52 Å². The van der Waals surface area contributed by atoms with Crippen LogP contribution < -0.4 is 0 Å². The van der Waals surface area contributed by atoms with Gasteiger partial charge >= 0.3 is 0 Å². The van der Waals surface area contributed by atoms with Crippen molar-refractivity contribution in [3.63, 3.8) is 0 Å². The van der Waals surface area contributed by atoms with Gasteiger partial charge in [0.2, 0.25) is 0 Å². The van der Waals surface area contributed by atoms with Crippen molar-refractivity contribution in [3.8, 4) is 11.3 Å². The third-order valence-electron chi connectivity index (χ3n) is 4.88. The smallest absolute Gasteiger partial charge is 0.143 e. The highest BCUT2D eigenvalue weighted by molar-refractivity contribution is 5.62. The molecule has 26 heavy (non-hydrogen) atoms. The van der Waals surface area contributed by atoms with Crippen LogP contribution in [0, 0.1) is 19.8 Å². The molecule has 0 spiro atoms. The average Bonchev–Trinajstić information content (AvgIpc) is 3.23. The number of nitrogens with zero attached hydrogens (tertiary/aromatic N) is 6. The zero-order chi connectivity index (χ0) is 17.9. The lowest BCUT2D eigenvalue weighted by Gasteiger charge is -2.15. The standard InChI is InChI=1S/C19H22N6O/c1-13-19(14(2)26-24-13)18-9-22-17(8-23-18)5-15-3-4-25(10-15)11-16-6-20-12-21-7-16/h6-9,12,15H,3-5,10-11H2,1-2H3/t15-/m0/s1. The number of hydrogen-bond acceptors (Lipinski definition) is 7. The summed E-state index contributed by atoms with van der Waals surface area (Å²) in [4.78, 5) is 19.8. The van der Waals surface area contributed by atoms with Crippen molar-refractivity contribution in [2.75, 3.05) is 13.1 Å². The van der Waals surface area contributed by atoms with E-state index in [4.69, 9.17) is 4.52 Å². The molecule has 1 aliphatic rings. The first-order valence-electron chi connectivity index (χ1n) is 8.89. The molecule has 0 amide bonds. The van der Waals surface area contributed by atoms with Gasteiger partial charge in [-0.1, -0.05) is 5.16 Å². The lowest BCUT2D eigenvalue weighted by Crippen LogP contribution is -2.21. The molecule has 134 valence electrons. The van der Waals surface area contributed by atoms with E-state index in [1.54, 1.807) is 6.33 Å². The Morgan fingerprint density at radius 1 is 1.12 bits per heavy atom. The van der Waals surface area contributed by atoms with E-state index in [0.717, 1.165) is 60.0 Å². The molecule has 0 unspecified atom stereocenters. The molecule has 4 rings (SSSR count). The van der Waals surface area contributed by atoms with E-state index < -0.39 is 0 Å². The molecule has 3 aromatic heterocycles. The Morgan fingerprint density at radius 2 is 1.96 bits per heavy atom. The summed E-state index contributed by atoms with van der Waals surface area (Å²) >= 11 is 0. The van der Waals surface area contributed by atoms with Crippen molar-refractivity contribution in [2.24, 2.45) is 5.92 Å². The first-order chi connectivity index (χ1) is 12.7. The number of likely N-dealkylation sites (tertiary alicyclic amines) is 1. The van der Waals surface area contributed by atoms with Gasteiger partial charge in [0.1, 0.15) is 12.1 Å². The van der Waals surface area contributed by atoms with E-state index in [1.165, 1.54) is 6.42 Å². The Hall–Kier alpha value is -2.67. The molecule has 3 aromatic rings. The zero-order valence-corrected chi connectivity index (χ0v) is 15.1. The largest absolute Gasteiger partial charge is 0.361 e. The van der Waals surface area contributed by atoms with E-state index in [9.17, 15) is 0 Å². The third-order valence-corrected chi connectivity index (χ3v) is 4.88. The molecule has 1 fully saturated rings. The van der Waals surface area contributed by atoms with Gasteiger partial charge in [-0.3, -0.25) is 14.9 Å². The molecule has 0 N–H and O–H groups in total. The molecule has 7 heteroatoms. The van der Waals surface area contributed by atoms with Crippen LogP contribution in [0.4, 0.5) is 0 Å². The van der Waals surface area contributed by atoms with Crippen LogP contribution in [-0.4, -0.2) is 43.1 Å². The van der Waals surface area contributed by atoms with Crippen molar-refractivity contribution in [3.05, 3.63) is 53.8 Å². The summed E-state index contributed by atoms with van der Waals surface area (Å²) < 4.78 is 5.22. The van der Waals surface area contributed by atoms with Crippen LogP contribution in [0.1, 0.15) is 29.1 Å². The van der Waals surface area contributed by atoms with E-state index in [1.807, 2.05) is 38.6 Å². The summed E-state index contributed by atoms with van der Waals surface area (Å²) in [6.45, 7) is 6.91. The molecule has 0 radical (unpaired) electrons. The lowest BCUT2D eigenvalue weighted by atomic mass is 10.0. The second kappa shape index (κ2) is 7.29. The summed E-state index contributed by atoms with van der Waals surface area (Å²) in [5.74, 6) is 1.39. The van der Waals surface area contributed by atoms with Crippen molar-refractivity contribution >= 4 is 0 Å². The van der Waals surface area contributed by atoms with Crippen LogP contribution in [0.25, 0.3) is 11.3 Å². The summed E-state index contributed by atoms with van der Waals surface area (Å²) in [5.41, 5.74) is 4.82. The lowest BCUT2D eigenvalue weighted by molar-refractivity contribution is 0.315. The SMILES string of the molecule is Cc1noc(C)c1-c1cnc(C[C@@H]2CCN(Cc3cncnc3)C2)cn1. The van der Waals surface area contributed by atoms with Gasteiger partial charge in [0.25, 0.3) is 0 Å². The van der Waals surface area contributed by atoms with Crippen LogP contribution in [0.2, 0.25) is 0 Å². The number of aromatic nitrogens is 5. The summed E-state index contributed by atoms with van der Waals surface area (Å²) in [6, 6.07) is 0. The molecular weight excluding hydrogens is 328 g/mol. The second-order valence-corrected chi connectivity index (χ2v) is 6.93. The van der Waals surface area contributed by atoms with E-state index in [2.05, 4.69) is 30.0 Å². The monoisotopic (exact) mass is 350 g/mol. The van der Waals surface area contributed by atoms with Crippen LogP contribution in [0.5, 0.6) is 0 Å². The normalized spacial score (nSPS) is 17.7. The topological polar surface area (TPSA) is 80.8 Å². The summed E-state index contributed by atoms with van der Waals surface area (Å²) in [7, 11) is 0. The van der Waals surface area contributed by atoms with Crippen molar-refractivity contribution in [1.29, 1.82) is 0 Å². The first kappa shape index (κ1) is 16.8. The molecule has 1 saturated heterocycles. The molecule has 0 saturated carbocycles. The third kappa shape index (κ3) is 3.62. The van der Waals surface area contributed by atoms with Crippen LogP contribution >= 0.6 is 0 Å². The van der Waals surface area contributed by atoms with Gasteiger partial charge in [0.15, 0.2) is 0 Å². The van der Waals surface area contributed by atoms with Crippen LogP contribution in [0.3, 0.4) is 0 Å². The fraction of sp³-hybridized carbons (Fsp3) is 0.421. The summed E-state index contributed by atoms with van der Waals surface area (Å²) in [5, 5.41) is 3.98. The van der Waals surface area contributed by atoms with E-state index in [-0.39, 0.29) is 0 Å². The molecule has 0 aliphatic carbocycles. The van der Waals surface area contributed by atoms with Gasteiger partial charge in [-0.15, -0.1) is 0 Å². The van der Waals surface area contributed by atoms with Gasteiger partial charge in [-0.25, -0.2) is 9.97 Å². The molecule has 0 bridgehead atoms. The zero-order valence-electron chi connectivity index (χ0n) is 15.1. The molecular formula is C19H22N6O. The molecule has 0 aromatic carbocycles. The molecule has 1 atom stereocenters. The highest BCUT2D eigenvalue weighted by Crippen LogP contribution is 2.25. The highest BCUT2D eigenvalue weighted by atomic mass is 16.5. The van der Waals surface area contributed by atoms with Gasteiger partial charge in [-0.2, -0.15) is 0 Å². The van der Waals surface area contributed by atoms with Gasteiger partial charge in [0, 0.05) is 37.2 Å². The second-order valence-electron chi connectivity index (χ2n) is 6.93. The Bertz CT molecular complexity index is 842. The van der Waals surface area contributed by atoms with Crippen LogP contribution in [0.15, 0.2) is 35.6 Å².